The van der Waals surface area contributed by atoms with Gasteiger partial charge in [-0.1, -0.05) is 72.2 Å². The minimum absolute atomic E-state index is 0. The summed E-state index contributed by atoms with van der Waals surface area (Å²) in [6.45, 7) is 17.4. The van der Waals surface area contributed by atoms with Crippen LogP contribution in [0.4, 0.5) is 0 Å². The number of pyridine rings is 1. The van der Waals surface area contributed by atoms with Crippen molar-refractivity contribution in [3.8, 4) is 11.3 Å². The SMILES string of the molecule is CC(C)(C)C(=O)/C=C(\O)C(C)(C)C.Cc1ccc2cc(C)c(-c3[c-]cccc3C)nc2c1.[Ir]. The van der Waals surface area contributed by atoms with Gasteiger partial charge in [0.15, 0.2) is 5.78 Å². The molecular formula is C29H36IrNO2-. The number of carbonyl (C=O) groups excluding carboxylic acids is 1. The minimum atomic E-state index is -0.417. The third-order valence-corrected chi connectivity index (χ3v) is 5.24. The molecule has 0 saturated carbocycles. The predicted molar refractivity (Wildman–Crippen MR) is 135 cm³/mol. The van der Waals surface area contributed by atoms with Crippen LogP contribution in [-0.2, 0) is 24.9 Å². The molecule has 0 bridgehead atoms. The van der Waals surface area contributed by atoms with Gasteiger partial charge in [0, 0.05) is 37.0 Å². The standard InChI is InChI=1S/C18H16N.C11H20O2.Ir/c1-12-8-9-15-11-14(3)18(19-17(15)10-12)16-7-5-4-6-13(16)2;1-10(2,3)8(12)7-9(13)11(4,5)6;/h4-6,8-11H,1-3H3;7,12H,1-6H3;/q-1;;/b;8-7-;. The van der Waals surface area contributed by atoms with Crippen LogP contribution in [0.3, 0.4) is 0 Å². The molecule has 4 heteroatoms. The molecule has 3 nitrogen and oxygen atoms in total. The van der Waals surface area contributed by atoms with Crippen LogP contribution in [-0.4, -0.2) is 15.9 Å². The van der Waals surface area contributed by atoms with E-state index in [2.05, 4.69) is 57.2 Å². The summed E-state index contributed by atoms with van der Waals surface area (Å²) >= 11 is 0. The van der Waals surface area contributed by atoms with Crippen molar-refractivity contribution in [3.05, 3.63) is 77.1 Å². The van der Waals surface area contributed by atoms with Crippen LogP contribution < -0.4 is 0 Å². The van der Waals surface area contributed by atoms with Gasteiger partial charge in [0.05, 0.1) is 5.52 Å². The molecule has 0 amide bonds. The molecule has 3 rings (SSSR count). The molecule has 1 N–H and O–H groups in total. The van der Waals surface area contributed by atoms with Crippen molar-refractivity contribution in [2.75, 3.05) is 0 Å². The first kappa shape index (κ1) is 28.7. The van der Waals surface area contributed by atoms with E-state index in [1.807, 2.05) is 53.7 Å². The average molecular weight is 623 g/mol. The summed E-state index contributed by atoms with van der Waals surface area (Å²) < 4.78 is 0. The van der Waals surface area contributed by atoms with E-state index < -0.39 is 5.41 Å². The smallest absolute Gasteiger partial charge is 0.164 e. The number of aromatic nitrogens is 1. The van der Waals surface area contributed by atoms with E-state index in [1.165, 1.54) is 28.2 Å². The second-order valence-corrected chi connectivity index (χ2v) is 10.5. The fourth-order valence-corrected chi connectivity index (χ4v) is 2.97. The number of allylic oxidation sites excluding steroid dienone is 2. The zero-order valence-electron chi connectivity index (χ0n) is 21.3. The molecule has 0 fully saturated rings. The van der Waals surface area contributed by atoms with Crippen molar-refractivity contribution in [1.29, 1.82) is 0 Å². The minimum Gasteiger partial charge on any atom is -0.512 e. The fraction of sp³-hybridized carbons (Fsp3) is 0.379. The van der Waals surface area contributed by atoms with Gasteiger partial charge in [0.2, 0.25) is 0 Å². The first-order valence-corrected chi connectivity index (χ1v) is 11.0. The summed E-state index contributed by atoms with van der Waals surface area (Å²) in [6, 6.07) is 18.0. The van der Waals surface area contributed by atoms with E-state index >= 15 is 0 Å². The Hall–Kier alpha value is -2.29. The van der Waals surface area contributed by atoms with Crippen LogP contribution in [0.15, 0.2) is 54.3 Å². The molecule has 1 radical (unpaired) electrons. The number of aryl methyl sites for hydroxylation is 3. The number of hydrogen-bond donors (Lipinski definition) is 1. The van der Waals surface area contributed by atoms with E-state index in [-0.39, 0.29) is 37.1 Å². The predicted octanol–water partition coefficient (Wildman–Crippen LogP) is 7.71. The van der Waals surface area contributed by atoms with Crippen LogP contribution in [0.25, 0.3) is 22.2 Å². The Morgan fingerprint density at radius 2 is 1.58 bits per heavy atom. The number of benzene rings is 2. The number of carbonyl (C=O) groups is 1. The molecular weight excluding hydrogens is 587 g/mol. The number of fused-ring (bicyclic) bond motifs is 1. The third-order valence-electron chi connectivity index (χ3n) is 5.24. The summed E-state index contributed by atoms with van der Waals surface area (Å²) in [5.41, 5.74) is 6.08. The summed E-state index contributed by atoms with van der Waals surface area (Å²) in [4.78, 5) is 16.3. The first-order chi connectivity index (χ1) is 14.7. The van der Waals surface area contributed by atoms with Gasteiger partial charge in [-0.15, -0.1) is 35.4 Å². The van der Waals surface area contributed by atoms with Gasteiger partial charge in [0.1, 0.15) is 5.76 Å². The number of rotatable bonds is 2. The zero-order valence-corrected chi connectivity index (χ0v) is 23.6. The third kappa shape index (κ3) is 7.91. The molecule has 179 valence electrons. The van der Waals surface area contributed by atoms with Gasteiger partial charge >= 0.3 is 0 Å². The number of aliphatic hydroxyl groups excluding tert-OH is 1. The molecule has 0 saturated heterocycles. The maximum Gasteiger partial charge on any atom is 0.164 e. The zero-order chi connectivity index (χ0) is 24.3. The molecule has 33 heavy (non-hydrogen) atoms. The Kier molecular flexibility index (Phi) is 9.78. The van der Waals surface area contributed by atoms with Crippen LogP contribution >= 0.6 is 0 Å². The molecule has 0 aliphatic carbocycles. The second kappa shape index (κ2) is 11.2. The van der Waals surface area contributed by atoms with Crippen molar-refractivity contribution in [2.24, 2.45) is 10.8 Å². The van der Waals surface area contributed by atoms with Crippen molar-refractivity contribution < 1.29 is 30.0 Å². The maximum atomic E-state index is 11.5. The largest absolute Gasteiger partial charge is 0.512 e. The van der Waals surface area contributed by atoms with Crippen LogP contribution in [0.1, 0.15) is 58.2 Å². The molecule has 0 atom stereocenters. The van der Waals surface area contributed by atoms with E-state index in [4.69, 9.17) is 4.98 Å². The Labute approximate surface area is 212 Å². The average Bonchev–Trinajstić information content (AvgIpc) is 2.67. The van der Waals surface area contributed by atoms with Gasteiger partial charge in [-0.05, 0) is 36.6 Å². The molecule has 0 aliphatic rings. The Morgan fingerprint density at radius 1 is 0.939 bits per heavy atom. The molecule has 3 aromatic rings. The number of aliphatic hydroxyl groups is 1. The second-order valence-electron chi connectivity index (χ2n) is 10.5. The van der Waals surface area contributed by atoms with Gasteiger partial charge in [-0.3, -0.25) is 9.78 Å². The van der Waals surface area contributed by atoms with Gasteiger partial charge in [-0.25, -0.2) is 0 Å². The molecule has 0 unspecified atom stereocenters. The Balaban J connectivity index is 0.000000346. The quantitative estimate of drug-likeness (QED) is 0.181. The van der Waals surface area contributed by atoms with Crippen molar-refractivity contribution in [3.63, 3.8) is 0 Å². The maximum absolute atomic E-state index is 11.5. The van der Waals surface area contributed by atoms with Gasteiger partial charge in [-0.2, -0.15) is 0 Å². The van der Waals surface area contributed by atoms with Crippen molar-refractivity contribution >= 4 is 16.7 Å². The monoisotopic (exact) mass is 623 g/mol. The topological polar surface area (TPSA) is 50.2 Å². The Morgan fingerprint density at radius 3 is 2.12 bits per heavy atom. The number of nitrogens with zero attached hydrogens (tertiary/aromatic N) is 1. The van der Waals surface area contributed by atoms with Gasteiger partial charge in [0.25, 0.3) is 0 Å². The summed E-state index contributed by atoms with van der Waals surface area (Å²) in [5, 5.41) is 10.8. The van der Waals surface area contributed by atoms with Crippen molar-refractivity contribution in [2.45, 2.75) is 62.3 Å². The van der Waals surface area contributed by atoms with Gasteiger partial charge < -0.3 is 5.11 Å². The molecule has 1 heterocycles. The van der Waals surface area contributed by atoms with Crippen LogP contribution in [0, 0.1) is 37.7 Å². The van der Waals surface area contributed by atoms with E-state index in [0.29, 0.717) is 0 Å². The fourth-order valence-electron chi connectivity index (χ4n) is 2.97. The van der Waals surface area contributed by atoms with E-state index in [9.17, 15) is 9.90 Å². The van der Waals surface area contributed by atoms with E-state index in [0.717, 1.165) is 16.8 Å². The molecule has 0 aliphatic heterocycles. The normalized spacial score (nSPS) is 12.0. The number of hydrogen-bond acceptors (Lipinski definition) is 3. The Bertz CT molecular complexity index is 1150. The first-order valence-electron chi connectivity index (χ1n) is 11.0. The van der Waals surface area contributed by atoms with Crippen molar-refractivity contribution in [1.82, 2.24) is 4.98 Å². The van der Waals surface area contributed by atoms with Crippen LogP contribution in [0.2, 0.25) is 0 Å². The van der Waals surface area contributed by atoms with Crippen LogP contribution in [0.5, 0.6) is 0 Å². The number of ketones is 1. The molecule has 0 spiro atoms. The van der Waals surface area contributed by atoms with E-state index in [1.54, 1.807) is 0 Å². The molecule has 2 aromatic carbocycles. The molecule has 1 aromatic heterocycles. The summed E-state index contributed by atoms with van der Waals surface area (Å²) in [5.74, 6) is 0.104. The summed E-state index contributed by atoms with van der Waals surface area (Å²) in [7, 11) is 0. The summed E-state index contributed by atoms with van der Waals surface area (Å²) in [6.07, 6.45) is 1.33.